The van der Waals surface area contributed by atoms with Crippen LogP contribution >= 0.6 is 0 Å². The summed E-state index contributed by atoms with van der Waals surface area (Å²) in [6.45, 7) is 0. The first-order valence-corrected chi connectivity index (χ1v) is 11.5. The first-order valence-electron chi connectivity index (χ1n) is 11.5. The van der Waals surface area contributed by atoms with Crippen LogP contribution in [0.2, 0.25) is 0 Å². The van der Waals surface area contributed by atoms with E-state index in [0.29, 0.717) is 0 Å². The maximum atomic E-state index is 4.75. The number of fused-ring (bicyclic) bond motifs is 13. The number of aromatic nitrogens is 1. The summed E-state index contributed by atoms with van der Waals surface area (Å²) in [7, 11) is 0. The summed E-state index contributed by atoms with van der Waals surface area (Å²) in [6, 6.07) is 40.3. The third kappa shape index (κ3) is 1.97. The van der Waals surface area contributed by atoms with Crippen LogP contribution in [0.4, 0.5) is 0 Å². The van der Waals surface area contributed by atoms with Gasteiger partial charge in [0.25, 0.3) is 0 Å². The zero-order valence-corrected chi connectivity index (χ0v) is 17.9. The predicted molar refractivity (Wildman–Crippen MR) is 136 cm³/mol. The van der Waals surface area contributed by atoms with E-state index in [1.165, 1.54) is 60.7 Å². The van der Waals surface area contributed by atoms with Crippen molar-refractivity contribution >= 4 is 21.7 Å². The van der Waals surface area contributed by atoms with E-state index in [1.54, 1.807) is 0 Å². The molecule has 33 heavy (non-hydrogen) atoms. The Morgan fingerprint density at radius 2 is 1.03 bits per heavy atom. The van der Waals surface area contributed by atoms with Crippen LogP contribution < -0.4 is 0 Å². The summed E-state index contributed by atoms with van der Waals surface area (Å²) in [6.07, 6.45) is 1.90. The molecule has 6 aromatic rings. The van der Waals surface area contributed by atoms with Gasteiger partial charge >= 0.3 is 0 Å². The highest BCUT2D eigenvalue weighted by Gasteiger charge is 2.51. The van der Waals surface area contributed by atoms with Gasteiger partial charge < -0.3 is 0 Å². The Hall–Kier alpha value is -4.23. The quantitative estimate of drug-likeness (QED) is 0.230. The van der Waals surface area contributed by atoms with Crippen molar-refractivity contribution in [3.63, 3.8) is 0 Å². The number of hydrogen-bond acceptors (Lipinski definition) is 1. The van der Waals surface area contributed by atoms with Crippen molar-refractivity contribution in [2.24, 2.45) is 0 Å². The molecule has 8 rings (SSSR count). The monoisotopic (exact) mass is 417 g/mol. The molecule has 0 atom stereocenters. The van der Waals surface area contributed by atoms with Crippen molar-refractivity contribution in [2.45, 2.75) is 5.41 Å². The van der Waals surface area contributed by atoms with Gasteiger partial charge in [-0.2, -0.15) is 0 Å². The molecule has 1 spiro atoms. The van der Waals surface area contributed by atoms with Gasteiger partial charge in [-0.3, -0.25) is 4.98 Å². The van der Waals surface area contributed by atoms with Crippen LogP contribution in [0.1, 0.15) is 22.3 Å². The number of benzene rings is 5. The van der Waals surface area contributed by atoms with Crippen LogP contribution in [0.5, 0.6) is 0 Å². The highest BCUT2D eigenvalue weighted by atomic mass is 14.6. The third-order valence-corrected chi connectivity index (χ3v) is 7.70. The second kappa shape index (κ2) is 5.96. The standard InChI is InChI=1S/C32H19N/c1-4-12-27-22(9-1)23-10-2-5-13-28(23)32(27)29-14-6-3-11-24(29)26-19-25-21(18-30(26)32)16-15-20-8-7-17-33-31(20)25/h1-19H. The molecule has 1 heterocycles. The Labute approximate surface area is 192 Å². The molecule has 1 nitrogen and oxygen atoms in total. The molecular formula is C32H19N. The third-order valence-electron chi connectivity index (χ3n) is 7.70. The molecule has 0 aliphatic heterocycles. The fraction of sp³-hybridized carbons (Fsp3) is 0.0312. The highest BCUT2D eigenvalue weighted by Crippen LogP contribution is 2.63. The molecule has 2 aliphatic carbocycles. The molecule has 0 radical (unpaired) electrons. The first-order chi connectivity index (χ1) is 16.4. The van der Waals surface area contributed by atoms with E-state index < -0.39 is 0 Å². The molecule has 0 saturated carbocycles. The average Bonchev–Trinajstić information content (AvgIpc) is 3.35. The van der Waals surface area contributed by atoms with Crippen LogP contribution in [0.3, 0.4) is 0 Å². The van der Waals surface area contributed by atoms with Crippen molar-refractivity contribution in [1.29, 1.82) is 0 Å². The van der Waals surface area contributed by atoms with Gasteiger partial charge in [-0.25, -0.2) is 0 Å². The van der Waals surface area contributed by atoms with Crippen LogP contribution in [0.15, 0.2) is 115 Å². The molecule has 0 N–H and O–H groups in total. The topological polar surface area (TPSA) is 12.9 Å². The van der Waals surface area contributed by atoms with E-state index in [1.807, 2.05) is 12.3 Å². The van der Waals surface area contributed by atoms with Gasteiger partial charge in [-0.05, 0) is 68.1 Å². The Balaban J connectivity index is 1.60. The van der Waals surface area contributed by atoms with Crippen LogP contribution in [0, 0.1) is 0 Å². The zero-order chi connectivity index (χ0) is 21.6. The van der Waals surface area contributed by atoms with E-state index >= 15 is 0 Å². The van der Waals surface area contributed by atoms with Crippen molar-refractivity contribution in [2.75, 3.05) is 0 Å². The number of nitrogens with zero attached hydrogens (tertiary/aromatic N) is 1. The van der Waals surface area contributed by atoms with E-state index in [-0.39, 0.29) is 5.41 Å². The predicted octanol–water partition coefficient (Wildman–Crippen LogP) is 7.73. The van der Waals surface area contributed by atoms with Crippen LogP contribution in [-0.4, -0.2) is 4.98 Å². The van der Waals surface area contributed by atoms with E-state index in [4.69, 9.17) is 4.98 Å². The second-order valence-electron chi connectivity index (χ2n) is 9.15. The lowest BCUT2D eigenvalue weighted by Gasteiger charge is -2.30. The normalized spacial score (nSPS) is 14.3. The Bertz CT molecular complexity index is 1730. The molecule has 0 saturated heterocycles. The number of pyridine rings is 1. The number of hydrogen-bond donors (Lipinski definition) is 0. The minimum absolute atomic E-state index is 0.285. The Morgan fingerprint density at radius 1 is 0.455 bits per heavy atom. The summed E-state index contributed by atoms with van der Waals surface area (Å²) in [5, 5.41) is 3.65. The molecule has 1 heteroatoms. The minimum atomic E-state index is -0.285. The molecule has 2 aliphatic rings. The fourth-order valence-corrected chi connectivity index (χ4v) is 6.45. The van der Waals surface area contributed by atoms with Gasteiger partial charge in [0.15, 0.2) is 0 Å². The van der Waals surface area contributed by atoms with E-state index in [2.05, 4.69) is 103 Å². The lowest BCUT2D eigenvalue weighted by molar-refractivity contribution is 0.795. The van der Waals surface area contributed by atoms with Crippen molar-refractivity contribution < 1.29 is 0 Å². The summed E-state index contributed by atoms with van der Waals surface area (Å²) in [4.78, 5) is 4.75. The molecule has 1 aromatic heterocycles. The molecule has 0 unspecified atom stereocenters. The minimum Gasteiger partial charge on any atom is -0.256 e. The molecule has 0 fully saturated rings. The van der Waals surface area contributed by atoms with Gasteiger partial charge in [-0.1, -0.05) is 91.0 Å². The average molecular weight is 418 g/mol. The summed E-state index contributed by atoms with van der Waals surface area (Å²) in [5.41, 5.74) is 11.7. The largest absolute Gasteiger partial charge is 0.256 e. The van der Waals surface area contributed by atoms with Gasteiger partial charge in [0.2, 0.25) is 0 Å². The lowest BCUT2D eigenvalue weighted by atomic mass is 9.70. The van der Waals surface area contributed by atoms with Gasteiger partial charge in [0.1, 0.15) is 0 Å². The first kappa shape index (κ1) is 17.3. The summed E-state index contributed by atoms with van der Waals surface area (Å²) < 4.78 is 0. The molecule has 5 aromatic carbocycles. The Kier molecular flexibility index (Phi) is 3.13. The van der Waals surface area contributed by atoms with Gasteiger partial charge in [0, 0.05) is 17.0 Å². The van der Waals surface area contributed by atoms with E-state index in [0.717, 1.165) is 5.52 Å². The van der Waals surface area contributed by atoms with Crippen molar-refractivity contribution in [3.8, 4) is 22.3 Å². The zero-order valence-electron chi connectivity index (χ0n) is 17.9. The summed E-state index contributed by atoms with van der Waals surface area (Å²) in [5.74, 6) is 0. The van der Waals surface area contributed by atoms with E-state index in [9.17, 15) is 0 Å². The highest BCUT2D eigenvalue weighted by molar-refractivity contribution is 6.09. The van der Waals surface area contributed by atoms with Crippen LogP contribution in [0.25, 0.3) is 43.9 Å². The van der Waals surface area contributed by atoms with Crippen LogP contribution in [-0.2, 0) is 5.41 Å². The SMILES string of the molecule is c1ccc2c(c1)-c1ccccc1C21c2ccccc2-c2cc3c(ccc4cccnc43)cc21. The number of rotatable bonds is 0. The smallest absolute Gasteiger partial charge is 0.0780 e. The molecule has 152 valence electrons. The molecular weight excluding hydrogens is 398 g/mol. The molecule has 0 bridgehead atoms. The van der Waals surface area contributed by atoms with Crippen molar-refractivity contribution in [3.05, 3.63) is 138 Å². The maximum Gasteiger partial charge on any atom is 0.0780 e. The summed E-state index contributed by atoms with van der Waals surface area (Å²) >= 11 is 0. The fourth-order valence-electron chi connectivity index (χ4n) is 6.45. The second-order valence-corrected chi connectivity index (χ2v) is 9.15. The maximum absolute atomic E-state index is 4.75. The van der Waals surface area contributed by atoms with Gasteiger partial charge in [-0.15, -0.1) is 0 Å². The molecule has 0 amide bonds. The van der Waals surface area contributed by atoms with Gasteiger partial charge in [0.05, 0.1) is 10.9 Å². The van der Waals surface area contributed by atoms with Crippen molar-refractivity contribution in [1.82, 2.24) is 4.98 Å². The lowest BCUT2D eigenvalue weighted by Crippen LogP contribution is -2.25. The Morgan fingerprint density at radius 3 is 1.70 bits per heavy atom.